The molecule has 0 amide bonds. The van der Waals surface area contributed by atoms with Crippen LogP contribution >= 0.6 is 0 Å². The highest BCUT2D eigenvalue weighted by atomic mass is 16.5. The van der Waals surface area contributed by atoms with Crippen molar-refractivity contribution in [2.45, 2.75) is 71.6 Å². The van der Waals surface area contributed by atoms with E-state index in [9.17, 15) is 4.79 Å². The van der Waals surface area contributed by atoms with E-state index in [0.717, 1.165) is 47.5 Å². The van der Waals surface area contributed by atoms with E-state index in [1.54, 1.807) is 7.11 Å². The molecule has 156 valence electrons. The van der Waals surface area contributed by atoms with Crippen LogP contribution < -0.4 is 4.74 Å². The molecule has 0 bridgehead atoms. The predicted molar refractivity (Wildman–Crippen MR) is 118 cm³/mol. The van der Waals surface area contributed by atoms with E-state index < -0.39 is 0 Å². The molecule has 6 atom stereocenters. The summed E-state index contributed by atoms with van der Waals surface area (Å²) in [6.45, 7) is 4.90. The van der Waals surface area contributed by atoms with Crippen molar-refractivity contribution >= 4 is 11.9 Å². The first-order chi connectivity index (χ1) is 14.0. The summed E-state index contributed by atoms with van der Waals surface area (Å²) in [6, 6.07) is 8.12. The minimum atomic E-state index is -0.128. The van der Waals surface area contributed by atoms with Crippen molar-refractivity contribution < 1.29 is 9.53 Å². The maximum Gasteiger partial charge on any atom is 0.165 e. The molecule has 0 spiro atoms. The second kappa shape index (κ2) is 7.00. The average molecular weight is 393 g/mol. The third-order valence-corrected chi connectivity index (χ3v) is 9.68. The molecule has 0 aliphatic heterocycles. The van der Waals surface area contributed by atoms with Crippen LogP contribution in [0.15, 0.2) is 29.8 Å². The molecule has 0 saturated heterocycles. The van der Waals surface area contributed by atoms with E-state index >= 15 is 0 Å². The van der Waals surface area contributed by atoms with Gasteiger partial charge in [0.15, 0.2) is 5.78 Å². The Morgan fingerprint density at radius 1 is 0.966 bits per heavy atom. The molecule has 0 radical (unpaired) electrons. The van der Waals surface area contributed by atoms with Gasteiger partial charge < -0.3 is 4.74 Å². The first-order valence-corrected chi connectivity index (χ1v) is 11.8. The summed E-state index contributed by atoms with van der Waals surface area (Å²) >= 11 is 0. The predicted octanol–water partition coefficient (Wildman–Crippen LogP) is 6.69. The molecule has 4 aliphatic carbocycles. The van der Waals surface area contributed by atoms with Crippen LogP contribution in [0.25, 0.3) is 6.08 Å². The monoisotopic (exact) mass is 392 g/mol. The fourth-order valence-corrected chi connectivity index (χ4v) is 8.00. The zero-order valence-corrected chi connectivity index (χ0v) is 18.4. The van der Waals surface area contributed by atoms with Crippen molar-refractivity contribution in [1.82, 2.24) is 0 Å². The molecule has 0 aromatic heterocycles. The van der Waals surface area contributed by atoms with Gasteiger partial charge in [-0.15, -0.1) is 0 Å². The van der Waals surface area contributed by atoms with Crippen LogP contribution in [-0.2, 0) is 4.79 Å². The third-order valence-electron chi connectivity index (χ3n) is 9.68. The Balaban J connectivity index is 1.43. The summed E-state index contributed by atoms with van der Waals surface area (Å²) in [5.74, 6) is 4.39. The van der Waals surface area contributed by atoms with Crippen molar-refractivity contribution in [2.24, 2.45) is 34.5 Å². The summed E-state index contributed by atoms with van der Waals surface area (Å²) in [6.07, 6.45) is 14.0. The highest BCUT2D eigenvalue weighted by Crippen LogP contribution is 2.66. The molecule has 0 unspecified atom stereocenters. The number of ketones is 1. The Morgan fingerprint density at radius 2 is 1.76 bits per heavy atom. The second-order valence-corrected chi connectivity index (χ2v) is 10.8. The first-order valence-electron chi connectivity index (χ1n) is 11.8. The van der Waals surface area contributed by atoms with E-state index in [4.69, 9.17) is 4.74 Å². The Morgan fingerprint density at radius 3 is 2.52 bits per heavy atom. The molecular weight excluding hydrogens is 356 g/mol. The summed E-state index contributed by atoms with van der Waals surface area (Å²) in [5.41, 5.74) is 2.60. The van der Waals surface area contributed by atoms with E-state index in [2.05, 4.69) is 32.1 Å². The number of rotatable bonds is 2. The summed E-state index contributed by atoms with van der Waals surface area (Å²) in [5, 5.41) is 0. The minimum absolute atomic E-state index is 0.128. The summed E-state index contributed by atoms with van der Waals surface area (Å²) in [4.78, 5) is 13.5. The van der Waals surface area contributed by atoms with Crippen LogP contribution in [0.3, 0.4) is 0 Å². The number of hydrogen-bond donors (Lipinski definition) is 0. The van der Waals surface area contributed by atoms with Gasteiger partial charge in [0.25, 0.3) is 0 Å². The van der Waals surface area contributed by atoms with Gasteiger partial charge in [-0.05, 0) is 103 Å². The fourth-order valence-electron chi connectivity index (χ4n) is 8.00. The lowest BCUT2D eigenvalue weighted by Gasteiger charge is -2.59. The number of carbonyl (C=O) groups is 1. The molecule has 2 nitrogen and oxygen atoms in total. The number of hydrogen-bond acceptors (Lipinski definition) is 2. The number of carbonyl (C=O) groups excluding carboxylic acids is 1. The van der Waals surface area contributed by atoms with Gasteiger partial charge in [-0.25, -0.2) is 0 Å². The zero-order chi connectivity index (χ0) is 20.2. The molecule has 0 N–H and O–H groups in total. The Kier molecular flexibility index (Phi) is 4.68. The molecule has 4 fully saturated rings. The van der Waals surface area contributed by atoms with E-state index in [1.165, 1.54) is 44.9 Å². The number of methoxy groups -OCH3 is 1. The molecule has 5 rings (SSSR count). The number of fused-ring (bicyclic) bond motifs is 5. The Bertz CT molecular complexity index is 821. The third kappa shape index (κ3) is 2.93. The van der Waals surface area contributed by atoms with Crippen molar-refractivity contribution in [3.63, 3.8) is 0 Å². The quantitative estimate of drug-likeness (QED) is 0.524. The van der Waals surface area contributed by atoms with E-state index in [1.807, 2.05) is 12.1 Å². The van der Waals surface area contributed by atoms with E-state index in [-0.39, 0.29) is 5.41 Å². The average Bonchev–Trinajstić information content (AvgIpc) is 2.99. The number of benzene rings is 1. The number of ether oxygens (including phenoxy) is 1. The Hall–Kier alpha value is -1.57. The van der Waals surface area contributed by atoms with Crippen LogP contribution in [0, 0.1) is 34.5 Å². The van der Waals surface area contributed by atoms with Crippen LogP contribution in [0.1, 0.15) is 77.2 Å². The van der Waals surface area contributed by atoms with Crippen LogP contribution in [0.2, 0.25) is 0 Å². The van der Waals surface area contributed by atoms with Gasteiger partial charge in [0.05, 0.1) is 7.11 Å². The normalized spacial score (nSPS) is 42.9. The minimum Gasteiger partial charge on any atom is -0.497 e. The smallest absolute Gasteiger partial charge is 0.165 e. The number of Topliss-reactive ketones (excluding diaryl/α,β-unsaturated/α-hetero) is 1. The molecule has 1 aromatic carbocycles. The molecule has 1 aromatic rings. The van der Waals surface area contributed by atoms with Crippen molar-refractivity contribution in [1.29, 1.82) is 0 Å². The van der Waals surface area contributed by atoms with Crippen LogP contribution in [0.5, 0.6) is 5.75 Å². The molecule has 4 aliphatic rings. The van der Waals surface area contributed by atoms with Gasteiger partial charge in [0, 0.05) is 5.41 Å². The molecule has 2 heteroatoms. The lowest BCUT2D eigenvalue weighted by atomic mass is 9.45. The zero-order valence-electron chi connectivity index (χ0n) is 18.4. The van der Waals surface area contributed by atoms with Gasteiger partial charge >= 0.3 is 0 Å². The second-order valence-electron chi connectivity index (χ2n) is 10.8. The molecular formula is C27H36O2. The highest BCUT2D eigenvalue weighted by molar-refractivity contribution is 6.05. The lowest BCUT2D eigenvalue weighted by molar-refractivity contribution is -0.137. The van der Waals surface area contributed by atoms with E-state index in [0.29, 0.717) is 17.1 Å². The fraction of sp³-hybridized carbons (Fsp3) is 0.667. The van der Waals surface area contributed by atoms with Gasteiger partial charge in [-0.2, -0.15) is 0 Å². The van der Waals surface area contributed by atoms with Gasteiger partial charge in [0.2, 0.25) is 0 Å². The lowest BCUT2D eigenvalue weighted by Crippen LogP contribution is -2.52. The van der Waals surface area contributed by atoms with Crippen molar-refractivity contribution in [2.75, 3.05) is 7.11 Å². The summed E-state index contributed by atoms with van der Waals surface area (Å²) in [7, 11) is 1.69. The summed E-state index contributed by atoms with van der Waals surface area (Å²) < 4.78 is 5.28. The molecule has 0 heterocycles. The topological polar surface area (TPSA) is 26.3 Å². The highest BCUT2D eigenvalue weighted by Gasteiger charge is 2.60. The first kappa shape index (κ1) is 19.4. The molecule has 4 saturated carbocycles. The number of allylic oxidation sites excluding steroid dienone is 1. The SMILES string of the molecule is COc1ccc(/C=C2\C[C@H]3[C@@H]4CC[C@@H]5CCCC[C@]5(C)[C@H]4CC[C@]3(C)C2=O)cc1. The standard InChI is InChI=1S/C27H36O2/c1-26-14-5-4-6-20(26)9-12-22-23(26)13-15-27(2)24(22)17-19(25(27)28)16-18-7-10-21(29-3)11-8-18/h7-8,10-11,16,20,22-24H,4-6,9,12-15,17H2,1-3H3/b19-16+/t20-,22+,23-,24-,26-,27-/m0/s1. The maximum atomic E-state index is 13.5. The largest absolute Gasteiger partial charge is 0.497 e. The molecule has 29 heavy (non-hydrogen) atoms. The Labute approximate surface area is 176 Å². The van der Waals surface area contributed by atoms with Gasteiger partial charge in [-0.3, -0.25) is 4.79 Å². The van der Waals surface area contributed by atoms with Crippen LogP contribution in [-0.4, -0.2) is 12.9 Å². The van der Waals surface area contributed by atoms with Crippen molar-refractivity contribution in [3.05, 3.63) is 35.4 Å². The van der Waals surface area contributed by atoms with Crippen molar-refractivity contribution in [3.8, 4) is 5.75 Å². The van der Waals surface area contributed by atoms with Crippen LogP contribution in [0.4, 0.5) is 0 Å². The van der Waals surface area contributed by atoms with Gasteiger partial charge in [0.1, 0.15) is 5.75 Å². The van der Waals surface area contributed by atoms with Gasteiger partial charge in [-0.1, -0.05) is 38.8 Å². The maximum absolute atomic E-state index is 13.5.